The summed E-state index contributed by atoms with van der Waals surface area (Å²) >= 11 is 0. The van der Waals surface area contributed by atoms with Gasteiger partial charge in [0.25, 0.3) is 5.91 Å². The average molecular weight is 537 g/mol. The van der Waals surface area contributed by atoms with E-state index in [9.17, 15) is 26.8 Å². The molecule has 7 nitrogen and oxygen atoms in total. The Kier molecular flexibility index (Phi) is 5.60. The lowest BCUT2D eigenvalue weighted by Crippen LogP contribution is -2.32. The minimum absolute atomic E-state index is 0.0541. The molecule has 2 aliphatic carbocycles. The fourth-order valence-electron chi connectivity index (χ4n) is 5.31. The first-order valence-corrected chi connectivity index (χ1v) is 13.9. The highest BCUT2D eigenvalue weighted by atomic mass is 32.2. The van der Waals surface area contributed by atoms with Crippen molar-refractivity contribution in [2.24, 2.45) is 11.8 Å². The maximum atomic E-state index is 14.8. The van der Waals surface area contributed by atoms with Crippen LogP contribution in [-0.2, 0) is 21.4 Å². The van der Waals surface area contributed by atoms with E-state index in [1.165, 1.54) is 10.8 Å². The summed E-state index contributed by atoms with van der Waals surface area (Å²) in [6.07, 6.45) is 9.12. The van der Waals surface area contributed by atoms with Gasteiger partial charge in [-0.1, -0.05) is 18.2 Å². The summed E-state index contributed by atoms with van der Waals surface area (Å²) in [6, 6.07) is 8.14. The first kappa shape index (κ1) is 24.3. The van der Waals surface area contributed by atoms with Crippen LogP contribution < -0.4 is 4.72 Å². The summed E-state index contributed by atoms with van der Waals surface area (Å²) in [5.74, 6) is -2.54. The quantitative estimate of drug-likeness (QED) is 0.389. The lowest BCUT2D eigenvalue weighted by Gasteiger charge is -2.14. The van der Waals surface area contributed by atoms with Gasteiger partial charge in [0.2, 0.25) is 10.0 Å². The largest absolute Gasteiger partial charge is 0.464 e. The standard InChI is InChI=1S/C28H22F2N2O5S/c1-38(35,36)31-28(34)25-23(19-5-3-2-4-16-13-20(16)26(19)33)24-22(9-6-15-10-11-37-27(15)24)32(25)14-17-12-18(29)7-8-21(17)30/h2-3,5-12,16,20H,4,13-14H2,1H3,(H,31,34)/b3-2-,19-5-. The molecule has 1 amide bonds. The van der Waals surface area contributed by atoms with E-state index in [4.69, 9.17) is 4.42 Å². The number of amides is 1. The number of rotatable bonds is 5. The minimum Gasteiger partial charge on any atom is -0.464 e. The smallest absolute Gasteiger partial charge is 0.282 e. The van der Waals surface area contributed by atoms with Crippen molar-refractivity contribution in [1.82, 2.24) is 9.29 Å². The van der Waals surface area contributed by atoms with Gasteiger partial charge in [0, 0.05) is 28.0 Å². The Morgan fingerprint density at radius 1 is 1.18 bits per heavy atom. The molecule has 0 bridgehead atoms. The highest BCUT2D eigenvalue weighted by Gasteiger charge is 2.45. The fourth-order valence-corrected chi connectivity index (χ4v) is 5.75. The van der Waals surface area contributed by atoms with Crippen molar-refractivity contribution in [3.63, 3.8) is 0 Å². The normalized spacial score (nSPS) is 21.4. The number of halogens is 2. The summed E-state index contributed by atoms with van der Waals surface area (Å²) in [7, 11) is -4.01. The van der Waals surface area contributed by atoms with E-state index >= 15 is 0 Å². The number of hydrogen-bond donors (Lipinski definition) is 1. The van der Waals surface area contributed by atoms with Crippen LogP contribution >= 0.6 is 0 Å². The van der Waals surface area contributed by atoms with Gasteiger partial charge in [0.05, 0.1) is 30.0 Å². The van der Waals surface area contributed by atoms with Gasteiger partial charge < -0.3 is 8.98 Å². The Labute approximate surface area is 216 Å². The first-order valence-electron chi connectivity index (χ1n) is 12.0. The molecule has 0 saturated heterocycles. The van der Waals surface area contributed by atoms with Crippen molar-refractivity contribution in [3.8, 4) is 0 Å². The molecular formula is C28H22F2N2O5S. The molecule has 2 aromatic carbocycles. The van der Waals surface area contributed by atoms with Gasteiger partial charge in [-0.2, -0.15) is 0 Å². The van der Waals surface area contributed by atoms with Gasteiger partial charge >= 0.3 is 0 Å². The second-order valence-electron chi connectivity index (χ2n) is 9.76. The van der Waals surface area contributed by atoms with Crippen LogP contribution in [0.25, 0.3) is 27.4 Å². The van der Waals surface area contributed by atoms with Gasteiger partial charge in [0.15, 0.2) is 5.78 Å². The van der Waals surface area contributed by atoms with Gasteiger partial charge in [0.1, 0.15) is 22.9 Å². The molecule has 1 N–H and O–H groups in total. The van der Waals surface area contributed by atoms with Gasteiger partial charge in [-0.25, -0.2) is 21.9 Å². The SMILES string of the molecule is CS(=O)(=O)NC(=O)c1c(/C2=C/C=C\CC3CC3C2=O)c2c3occc3ccc2n1Cc1cc(F)ccc1F. The molecule has 38 heavy (non-hydrogen) atoms. The molecule has 1 fully saturated rings. The molecule has 2 aromatic heterocycles. The van der Waals surface area contributed by atoms with Crippen LogP contribution in [0.3, 0.4) is 0 Å². The number of allylic oxidation sites excluding steroid dienone is 4. The summed E-state index contributed by atoms with van der Waals surface area (Å²) in [5, 5.41) is 1.11. The zero-order valence-electron chi connectivity index (χ0n) is 20.2. The third-order valence-electron chi connectivity index (χ3n) is 7.11. The Morgan fingerprint density at radius 3 is 2.79 bits per heavy atom. The van der Waals surface area contributed by atoms with Crippen LogP contribution in [0.2, 0.25) is 0 Å². The number of fused-ring (bicyclic) bond motifs is 4. The van der Waals surface area contributed by atoms with E-state index < -0.39 is 27.6 Å². The molecule has 0 spiro atoms. The van der Waals surface area contributed by atoms with E-state index in [0.29, 0.717) is 28.3 Å². The molecule has 0 aliphatic heterocycles. The number of carbonyl (C=O) groups is 2. The summed E-state index contributed by atoms with van der Waals surface area (Å²) < 4.78 is 62.3. The molecule has 2 heterocycles. The number of sulfonamides is 1. The molecule has 2 unspecified atom stereocenters. The second-order valence-corrected chi connectivity index (χ2v) is 11.5. The van der Waals surface area contributed by atoms with Crippen LogP contribution in [0.15, 0.2) is 65.3 Å². The number of furan rings is 1. The molecular weight excluding hydrogens is 514 g/mol. The number of ketones is 1. The Bertz CT molecular complexity index is 1830. The molecule has 0 radical (unpaired) electrons. The highest BCUT2D eigenvalue weighted by molar-refractivity contribution is 7.89. The molecule has 2 aliphatic rings. The van der Waals surface area contributed by atoms with Crippen LogP contribution in [-0.4, -0.2) is 30.9 Å². The third-order valence-corrected chi connectivity index (χ3v) is 7.66. The van der Waals surface area contributed by atoms with E-state index in [1.807, 2.05) is 10.8 Å². The van der Waals surface area contributed by atoms with Crippen molar-refractivity contribution >= 4 is 49.2 Å². The van der Waals surface area contributed by atoms with Gasteiger partial charge in [-0.05, 0) is 55.2 Å². The highest BCUT2D eigenvalue weighted by Crippen LogP contribution is 2.48. The summed E-state index contributed by atoms with van der Waals surface area (Å²) in [6.45, 7) is -0.303. The molecule has 6 rings (SSSR count). The van der Waals surface area contributed by atoms with Crippen molar-refractivity contribution in [2.75, 3.05) is 6.26 Å². The predicted octanol–water partition coefficient (Wildman–Crippen LogP) is 4.95. The molecule has 2 atom stereocenters. The van der Waals surface area contributed by atoms with Gasteiger partial charge in [-0.15, -0.1) is 0 Å². The monoisotopic (exact) mass is 536 g/mol. The topological polar surface area (TPSA) is 98.4 Å². The number of carbonyl (C=O) groups excluding carboxylic acids is 2. The van der Waals surface area contributed by atoms with Crippen LogP contribution in [0.1, 0.15) is 34.5 Å². The van der Waals surface area contributed by atoms with Crippen molar-refractivity contribution in [2.45, 2.75) is 19.4 Å². The minimum atomic E-state index is -4.01. The first-order chi connectivity index (χ1) is 18.1. The van der Waals surface area contributed by atoms with E-state index in [2.05, 4.69) is 0 Å². The number of benzene rings is 2. The Balaban J connectivity index is 1.71. The summed E-state index contributed by atoms with van der Waals surface area (Å²) in [5.41, 5.74) is 0.999. The number of Topliss-reactive ketones (excluding diaryl/α,β-unsaturated/α-hetero) is 1. The number of hydrogen-bond acceptors (Lipinski definition) is 5. The lowest BCUT2D eigenvalue weighted by atomic mass is 9.92. The summed E-state index contributed by atoms with van der Waals surface area (Å²) in [4.78, 5) is 27.3. The molecule has 194 valence electrons. The maximum absolute atomic E-state index is 14.8. The molecule has 4 aromatic rings. The zero-order valence-corrected chi connectivity index (χ0v) is 21.0. The van der Waals surface area contributed by atoms with E-state index in [1.54, 1.807) is 30.4 Å². The average Bonchev–Trinajstić information content (AvgIpc) is 3.30. The predicted molar refractivity (Wildman–Crippen MR) is 138 cm³/mol. The van der Waals surface area contributed by atoms with Gasteiger partial charge in [-0.3, -0.25) is 9.59 Å². The molecule has 1 saturated carbocycles. The number of nitrogens with one attached hydrogen (secondary N) is 1. The van der Waals surface area contributed by atoms with Crippen LogP contribution in [0.5, 0.6) is 0 Å². The Hall–Kier alpha value is -4.05. The van der Waals surface area contributed by atoms with E-state index in [-0.39, 0.29) is 46.6 Å². The third kappa shape index (κ3) is 4.14. The second kappa shape index (κ2) is 8.76. The van der Waals surface area contributed by atoms with Crippen LogP contribution in [0.4, 0.5) is 8.78 Å². The lowest BCUT2D eigenvalue weighted by molar-refractivity contribution is -0.115. The van der Waals surface area contributed by atoms with Crippen molar-refractivity contribution in [3.05, 3.63) is 89.3 Å². The maximum Gasteiger partial charge on any atom is 0.282 e. The number of aromatic nitrogens is 1. The zero-order chi connectivity index (χ0) is 26.8. The fraction of sp³-hybridized carbons (Fsp3) is 0.214. The van der Waals surface area contributed by atoms with E-state index in [0.717, 1.165) is 30.9 Å². The van der Waals surface area contributed by atoms with Crippen molar-refractivity contribution in [1.29, 1.82) is 0 Å². The van der Waals surface area contributed by atoms with Crippen LogP contribution in [0, 0.1) is 23.5 Å². The number of nitrogens with zero attached hydrogens (tertiary/aromatic N) is 1. The molecule has 10 heteroatoms. The van der Waals surface area contributed by atoms with Crippen molar-refractivity contribution < 1.29 is 31.2 Å². The Morgan fingerprint density at radius 2 is 2.00 bits per heavy atom.